The average Bonchev–Trinajstić information content (AvgIpc) is 3.21. The van der Waals surface area contributed by atoms with Crippen LogP contribution in [0.25, 0.3) is 0 Å². The number of carbonyl (C=O) groups is 1. The Kier molecular flexibility index (Phi) is 3.23. The summed E-state index contributed by atoms with van der Waals surface area (Å²) in [5.41, 5.74) is 1.85. The maximum absolute atomic E-state index is 11.9. The topological polar surface area (TPSA) is 37.3 Å². The number of ketones is 1. The van der Waals surface area contributed by atoms with Crippen molar-refractivity contribution in [3.05, 3.63) is 11.6 Å². The lowest BCUT2D eigenvalue weighted by Crippen LogP contribution is -2.52. The van der Waals surface area contributed by atoms with Crippen LogP contribution in [0, 0.1) is 52.8 Å². The summed E-state index contributed by atoms with van der Waals surface area (Å²) in [7, 11) is 0. The van der Waals surface area contributed by atoms with Crippen LogP contribution < -0.4 is 0 Å². The molecule has 0 amide bonds. The van der Waals surface area contributed by atoms with E-state index in [1.165, 1.54) is 24.8 Å². The molecule has 0 aromatic heterocycles. The first-order chi connectivity index (χ1) is 11.4. The van der Waals surface area contributed by atoms with Crippen molar-refractivity contribution in [3.63, 3.8) is 0 Å². The molecule has 4 fully saturated rings. The van der Waals surface area contributed by atoms with Crippen LogP contribution in [-0.4, -0.2) is 17.0 Å². The lowest BCUT2D eigenvalue weighted by atomic mass is 9.47. The molecule has 132 valence electrons. The zero-order valence-corrected chi connectivity index (χ0v) is 15.4. The second-order valence-corrected chi connectivity index (χ2v) is 10.2. The second-order valence-electron chi connectivity index (χ2n) is 10.2. The highest BCUT2D eigenvalue weighted by molar-refractivity contribution is 5.91. The number of aliphatic hydroxyl groups is 1. The molecule has 0 bridgehead atoms. The van der Waals surface area contributed by atoms with Crippen LogP contribution in [0.1, 0.15) is 59.3 Å². The molecule has 0 aromatic carbocycles. The molecular weight excluding hydrogens is 296 g/mol. The minimum Gasteiger partial charge on any atom is -0.393 e. The van der Waals surface area contributed by atoms with Gasteiger partial charge in [-0.25, -0.2) is 0 Å². The molecule has 5 aliphatic carbocycles. The van der Waals surface area contributed by atoms with Crippen molar-refractivity contribution in [3.8, 4) is 0 Å². The van der Waals surface area contributed by atoms with Crippen LogP contribution in [0.5, 0.6) is 0 Å². The maximum Gasteiger partial charge on any atom is 0.155 e. The highest BCUT2D eigenvalue weighted by Crippen LogP contribution is 2.75. The van der Waals surface area contributed by atoms with Gasteiger partial charge in [0.25, 0.3) is 0 Å². The van der Waals surface area contributed by atoms with Crippen LogP contribution in [0.3, 0.4) is 0 Å². The van der Waals surface area contributed by atoms with Crippen molar-refractivity contribution in [2.75, 3.05) is 0 Å². The van der Waals surface area contributed by atoms with E-state index in [4.69, 9.17) is 0 Å². The molecular formula is C22H32O2. The Hall–Kier alpha value is -0.630. The van der Waals surface area contributed by atoms with E-state index in [-0.39, 0.29) is 6.10 Å². The summed E-state index contributed by atoms with van der Waals surface area (Å²) in [4.78, 5) is 11.9. The van der Waals surface area contributed by atoms with Crippen molar-refractivity contribution < 1.29 is 9.90 Å². The van der Waals surface area contributed by atoms with Gasteiger partial charge in [0.2, 0.25) is 0 Å². The number of hydrogen-bond donors (Lipinski definition) is 1. The summed E-state index contributed by atoms with van der Waals surface area (Å²) in [6.07, 6.45) is 8.90. The molecule has 0 spiro atoms. The van der Waals surface area contributed by atoms with Crippen LogP contribution in [0.2, 0.25) is 0 Å². The molecule has 0 saturated heterocycles. The van der Waals surface area contributed by atoms with Gasteiger partial charge in [-0.15, -0.1) is 0 Å². The highest BCUT2D eigenvalue weighted by Gasteiger charge is 2.70. The van der Waals surface area contributed by atoms with Gasteiger partial charge in [0, 0.05) is 6.42 Å². The van der Waals surface area contributed by atoms with Crippen molar-refractivity contribution in [1.82, 2.24) is 0 Å². The van der Waals surface area contributed by atoms with Crippen molar-refractivity contribution >= 4 is 5.78 Å². The monoisotopic (exact) mass is 328 g/mol. The van der Waals surface area contributed by atoms with E-state index in [2.05, 4.69) is 13.8 Å². The number of allylic oxidation sites excluding steroid dienone is 1. The zero-order chi connectivity index (χ0) is 16.8. The van der Waals surface area contributed by atoms with Crippen LogP contribution >= 0.6 is 0 Å². The molecule has 1 N–H and O–H groups in total. The Bertz CT molecular complexity index is 605. The quantitative estimate of drug-likeness (QED) is 0.782. The molecule has 5 rings (SSSR count). The summed E-state index contributed by atoms with van der Waals surface area (Å²) >= 11 is 0. The van der Waals surface area contributed by atoms with Gasteiger partial charge < -0.3 is 5.11 Å². The maximum atomic E-state index is 11.9. The van der Waals surface area contributed by atoms with Gasteiger partial charge in [0.05, 0.1) is 6.10 Å². The molecule has 0 heterocycles. The molecule has 2 heteroatoms. The summed E-state index contributed by atoms with van der Waals surface area (Å²) in [6.45, 7) is 7.00. The summed E-state index contributed by atoms with van der Waals surface area (Å²) < 4.78 is 0. The van der Waals surface area contributed by atoms with E-state index in [0.29, 0.717) is 29.0 Å². The number of carbonyl (C=O) groups excluding carboxylic acids is 1. The van der Waals surface area contributed by atoms with E-state index in [1.807, 2.05) is 13.0 Å². The molecule has 24 heavy (non-hydrogen) atoms. The standard InChI is InChI=1S/C22H32O2/c1-11-8-13-9-14(24)4-5-15(13)16-6-7-22(3)20(12(2)23)17-10-18(17)21(22)19(11)16/h9,11-12,15-21,23H,4-8,10H2,1-3H3/t11-,12+,15+,16-,17-,18+,19-,20-,21-,22-/m1/s1. The largest absolute Gasteiger partial charge is 0.393 e. The Labute approximate surface area is 146 Å². The van der Waals surface area contributed by atoms with Gasteiger partial charge in [0.15, 0.2) is 5.78 Å². The normalized spacial score (nSPS) is 56.5. The van der Waals surface area contributed by atoms with Gasteiger partial charge in [-0.05, 0) is 97.9 Å². The van der Waals surface area contributed by atoms with Crippen LogP contribution in [0.15, 0.2) is 11.6 Å². The number of fused-ring (bicyclic) bond motifs is 7. The Morgan fingerprint density at radius 2 is 2.04 bits per heavy atom. The van der Waals surface area contributed by atoms with Gasteiger partial charge in [0.1, 0.15) is 0 Å². The van der Waals surface area contributed by atoms with Crippen LogP contribution in [0.4, 0.5) is 0 Å². The van der Waals surface area contributed by atoms with Gasteiger partial charge in [-0.2, -0.15) is 0 Å². The molecule has 10 atom stereocenters. The summed E-state index contributed by atoms with van der Waals surface area (Å²) in [6, 6.07) is 0. The van der Waals surface area contributed by atoms with E-state index >= 15 is 0 Å². The first-order valence-corrected chi connectivity index (χ1v) is 10.3. The average molecular weight is 328 g/mol. The minimum absolute atomic E-state index is 0.145. The van der Waals surface area contributed by atoms with Crippen LogP contribution in [-0.2, 0) is 4.79 Å². The highest BCUT2D eigenvalue weighted by atomic mass is 16.3. The third-order valence-electron chi connectivity index (χ3n) is 9.04. The lowest BCUT2D eigenvalue weighted by molar-refractivity contribution is -0.117. The third kappa shape index (κ3) is 1.90. The van der Waals surface area contributed by atoms with Crippen molar-refractivity contribution in [2.24, 2.45) is 52.8 Å². The first kappa shape index (κ1) is 15.6. The van der Waals surface area contributed by atoms with Gasteiger partial charge >= 0.3 is 0 Å². The molecule has 5 aliphatic rings. The first-order valence-electron chi connectivity index (χ1n) is 10.3. The Balaban J connectivity index is 1.51. The predicted molar refractivity (Wildman–Crippen MR) is 94.2 cm³/mol. The van der Waals surface area contributed by atoms with E-state index in [0.717, 1.165) is 48.9 Å². The van der Waals surface area contributed by atoms with Crippen molar-refractivity contribution in [1.29, 1.82) is 0 Å². The fourth-order valence-electron chi connectivity index (χ4n) is 8.49. The number of hydrogen-bond acceptors (Lipinski definition) is 2. The number of rotatable bonds is 1. The number of aliphatic hydroxyl groups excluding tert-OH is 1. The zero-order valence-electron chi connectivity index (χ0n) is 15.4. The molecule has 4 saturated carbocycles. The molecule has 0 aromatic rings. The smallest absolute Gasteiger partial charge is 0.155 e. The second kappa shape index (κ2) is 4.96. The summed E-state index contributed by atoms with van der Waals surface area (Å²) in [5, 5.41) is 10.5. The molecule has 2 nitrogen and oxygen atoms in total. The Morgan fingerprint density at radius 3 is 2.79 bits per heavy atom. The SMILES string of the molecule is C[C@H](O)[C@@H]1[C@@H]2C[C@@H]2[C@@H]2[C@H]3[C@H](CC[C@@]21C)[C@H]1CCC(=O)C=C1C[C@H]3C. The molecule has 0 aliphatic heterocycles. The van der Waals surface area contributed by atoms with Crippen molar-refractivity contribution in [2.45, 2.75) is 65.4 Å². The predicted octanol–water partition coefficient (Wildman–Crippen LogP) is 4.23. The summed E-state index contributed by atoms with van der Waals surface area (Å²) in [5.74, 6) is 6.46. The molecule has 0 unspecified atom stereocenters. The van der Waals surface area contributed by atoms with Gasteiger partial charge in [-0.3, -0.25) is 4.79 Å². The fourth-order valence-corrected chi connectivity index (χ4v) is 8.49. The van der Waals surface area contributed by atoms with E-state index in [1.54, 1.807) is 0 Å². The van der Waals surface area contributed by atoms with E-state index < -0.39 is 0 Å². The Morgan fingerprint density at radius 1 is 1.25 bits per heavy atom. The van der Waals surface area contributed by atoms with Gasteiger partial charge in [-0.1, -0.05) is 19.4 Å². The lowest BCUT2D eigenvalue weighted by Gasteiger charge is -2.57. The fraction of sp³-hybridized carbons (Fsp3) is 0.864. The van der Waals surface area contributed by atoms with E-state index in [9.17, 15) is 9.90 Å². The third-order valence-corrected chi connectivity index (χ3v) is 9.04. The molecule has 0 radical (unpaired) electrons. The minimum atomic E-state index is -0.145.